The van der Waals surface area contributed by atoms with Crippen LogP contribution in [0.25, 0.3) is 0 Å². The molecule has 1 heterocycles. The molecule has 2 rings (SSSR count). The number of aryl methyl sites for hydroxylation is 1. The van der Waals surface area contributed by atoms with Crippen LogP contribution < -0.4 is 5.73 Å². The summed E-state index contributed by atoms with van der Waals surface area (Å²) in [7, 11) is -3.09. The third kappa shape index (κ3) is 4.05. The normalized spacial score (nSPS) is 23.7. The summed E-state index contributed by atoms with van der Waals surface area (Å²) in [5.74, 6) is 0.322. The summed E-state index contributed by atoms with van der Waals surface area (Å²) in [5.41, 5.74) is 8.48. The molecule has 1 aliphatic heterocycles. The predicted octanol–water partition coefficient (Wildman–Crippen LogP) is 2.23. The molecule has 2 unspecified atom stereocenters. The van der Waals surface area contributed by atoms with Gasteiger partial charge in [0.1, 0.15) is 0 Å². The van der Waals surface area contributed by atoms with Gasteiger partial charge in [-0.15, -0.1) is 0 Å². The topological polar surface area (TPSA) is 63.4 Å². The summed E-state index contributed by atoms with van der Waals surface area (Å²) in [6, 6.07) is 8.18. The van der Waals surface area contributed by atoms with Crippen LogP contribution in [0.3, 0.4) is 0 Å². The van der Waals surface area contributed by atoms with Gasteiger partial charge in [0.25, 0.3) is 0 Å². The number of nitrogens with zero attached hydrogens (tertiary/aromatic N) is 1. The zero-order valence-corrected chi connectivity index (χ0v) is 14.0. The minimum Gasteiger partial charge on any atom is -0.322 e. The fourth-order valence-corrected chi connectivity index (χ4v) is 4.36. The van der Waals surface area contributed by atoms with Crippen molar-refractivity contribution in [3.63, 3.8) is 0 Å². The molecule has 1 aromatic carbocycles. The maximum atomic E-state index is 11.7. The van der Waals surface area contributed by atoms with Gasteiger partial charge in [0, 0.05) is 18.6 Å². The van der Waals surface area contributed by atoms with Crippen LogP contribution in [-0.2, 0) is 15.6 Å². The van der Waals surface area contributed by atoms with E-state index in [1.54, 1.807) is 4.31 Å². The summed E-state index contributed by atoms with van der Waals surface area (Å²) < 4.78 is 25.0. The third-order valence-electron chi connectivity index (χ3n) is 4.42. The van der Waals surface area contributed by atoms with Gasteiger partial charge in [-0.1, -0.05) is 24.3 Å². The molecule has 0 amide bonds. The van der Waals surface area contributed by atoms with E-state index in [1.807, 2.05) is 12.1 Å². The minimum absolute atomic E-state index is 0.322. The Morgan fingerprint density at radius 3 is 2.67 bits per heavy atom. The van der Waals surface area contributed by atoms with Gasteiger partial charge in [-0.05, 0) is 50.2 Å². The number of hydrogen-bond donors (Lipinski definition) is 1. The molecular weight excluding hydrogens is 284 g/mol. The van der Waals surface area contributed by atoms with Crippen molar-refractivity contribution in [3.05, 3.63) is 35.4 Å². The second-order valence-electron chi connectivity index (χ2n) is 6.57. The molecule has 1 aromatic rings. The van der Waals surface area contributed by atoms with Crippen molar-refractivity contribution in [2.24, 2.45) is 11.7 Å². The molecule has 2 N–H and O–H groups in total. The highest BCUT2D eigenvalue weighted by Crippen LogP contribution is 2.32. The van der Waals surface area contributed by atoms with E-state index in [0.29, 0.717) is 19.0 Å². The number of sulfonamides is 1. The highest BCUT2D eigenvalue weighted by Gasteiger charge is 2.32. The highest BCUT2D eigenvalue weighted by atomic mass is 32.2. The molecule has 118 valence electrons. The maximum absolute atomic E-state index is 11.7. The molecule has 1 fully saturated rings. The zero-order chi connectivity index (χ0) is 15.7. The van der Waals surface area contributed by atoms with Gasteiger partial charge in [0.05, 0.1) is 6.26 Å². The molecule has 2 atom stereocenters. The number of hydrogen-bond acceptors (Lipinski definition) is 3. The van der Waals surface area contributed by atoms with E-state index in [9.17, 15) is 8.42 Å². The first kappa shape index (κ1) is 16.5. The molecule has 0 radical (unpaired) electrons. The van der Waals surface area contributed by atoms with Crippen LogP contribution >= 0.6 is 0 Å². The second-order valence-corrected chi connectivity index (χ2v) is 8.55. The SMILES string of the molecule is Cc1ccccc1C(C)(N)CC1CCCN(S(C)(=O)=O)C1. The van der Waals surface area contributed by atoms with Gasteiger partial charge in [0.2, 0.25) is 10.0 Å². The Balaban J connectivity index is 2.12. The Hall–Kier alpha value is -0.910. The van der Waals surface area contributed by atoms with E-state index in [4.69, 9.17) is 5.73 Å². The van der Waals surface area contributed by atoms with E-state index in [0.717, 1.165) is 24.8 Å². The highest BCUT2D eigenvalue weighted by molar-refractivity contribution is 7.88. The summed E-state index contributed by atoms with van der Waals surface area (Å²) in [6.45, 7) is 5.36. The van der Waals surface area contributed by atoms with Crippen LogP contribution in [0.2, 0.25) is 0 Å². The number of benzene rings is 1. The maximum Gasteiger partial charge on any atom is 0.211 e. The summed E-state index contributed by atoms with van der Waals surface area (Å²) in [6.07, 6.45) is 4.06. The zero-order valence-electron chi connectivity index (χ0n) is 13.2. The van der Waals surface area contributed by atoms with Crippen molar-refractivity contribution in [3.8, 4) is 0 Å². The lowest BCUT2D eigenvalue weighted by molar-refractivity contribution is 0.221. The number of piperidine rings is 1. The van der Waals surface area contributed by atoms with Crippen molar-refractivity contribution < 1.29 is 8.42 Å². The lowest BCUT2D eigenvalue weighted by Crippen LogP contribution is -2.43. The van der Waals surface area contributed by atoms with Crippen LogP contribution in [0.15, 0.2) is 24.3 Å². The molecule has 1 saturated heterocycles. The standard InChI is InChI=1S/C16H26N2O2S/c1-13-7-4-5-9-15(13)16(2,17)11-14-8-6-10-18(12-14)21(3,19)20/h4-5,7,9,14H,6,8,10-12,17H2,1-3H3. The molecule has 0 aromatic heterocycles. The van der Waals surface area contributed by atoms with E-state index in [-0.39, 0.29) is 0 Å². The van der Waals surface area contributed by atoms with Crippen LogP contribution in [0.4, 0.5) is 0 Å². The van der Waals surface area contributed by atoms with Gasteiger partial charge >= 0.3 is 0 Å². The van der Waals surface area contributed by atoms with Crippen molar-refractivity contribution in [2.75, 3.05) is 19.3 Å². The Kier molecular flexibility index (Phi) is 4.76. The van der Waals surface area contributed by atoms with Crippen molar-refractivity contribution >= 4 is 10.0 Å². The third-order valence-corrected chi connectivity index (χ3v) is 5.69. The van der Waals surface area contributed by atoms with Crippen LogP contribution in [0.5, 0.6) is 0 Å². The molecular formula is C16H26N2O2S. The Labute approximate surface area is 128 Å². The number of nitrogens with two attached hydrogens (primary N) is 1. The van der Waals surface area contributed by atoms with E-state index >= 15 is 0 Å². The summed E-state index contributed by atoms with van der Waals surface area (Å²) >= 11 is 0. The largest absolute Gasteiger partial charge is 0.322 e. The second kappa shape index (κ2) is 6.07. The van der Waals surface area contributed by atoms with Gasteiger partial charge in [-0.3, -0.25) is 0 Å². The molecule has 5 heteroatoms. The quantitative estimate of drug-likeness (QED) is 0.927. The van der Waals surface area contributed by atoms with Gasteiger partial charge in [-0.2, -0.15) is 0 Å². The van der Waals surface area contributed by atoms with Gasteiger partial charge in [0.15, 0.2) is 0 Å². The van der Waals surface area contributed by atoms with Crippen LogP contribution in [-0.4, -0.2) is 32.1 Å². The molecule has 0 saturated carbocycles. The molecule has 0 bridgehead atoms. The molecule has 1 aliphatic rings. The monoisotopic (exact) mass is 310 g/mol. The first-order valence-electron chi connectivity index (χ1n) is 7.50. The lowest BCUT2D eigenvalue weighted by atomic mass is 9.79. The van der Waals surface area contributed by atoms with Gasteiger partial charge in [-0.25, -0.2) is 12.7 Å². The fraction of sp³-hybridized carbons (Fsp3) is 0.625. The van der Waals surface area contributed by atoms with Crippen LogP contribution in [0, 0.1) is 12.8 Å². The van der Waals surface area contributed by atoms with Gasteiger partial charge < -0.3 is 5.73 Å². The smallest absolute Gasteiger partial charge is 0.211 e. The van der Waals surface area contributed by atoms with Crippen molar-refractivity contribution in [2.45, 2.75) is 38.6 Å². The molecule has 0 aliphatic carbocycles. The average Bonchev–Trinajstić information content (AvgIpc) is 2.37. The Morgan fingerprint density at radius 2 is 2.05 bits per heavy atom. The molecule has 0 spiro atoms. The number of rotatable bonds is 4. The fourth-order valence-electron chi connectivity index (χ4n) is 3.42. The average molecular weight is 310 g/mol. The summed E-state index contributed by atoms with van der Waals surface area (Å²) in [4.78, 5) is 0. The van der Waals surface area contributed by atoms with E-state index in [2.05, 4.69) is 26.0 Å². The van der Waals surface area contributed by atoms with Crippen LogP contribution in [0.1, 0.15) is 37.3 Å². The Bertz CT molecular complexity index is 596. The first-order valence-corrected chi connectivity index (χ1v) is 9.35. The minimum atomic E-state index is -3.09. The van der Waals surface area contributed by atoms with E-state index in [1.165, 1.54) is 11.8 Å². The van der Waals surface area contributed by atoms with E-state index < -0.39 is 15.6 Å². The Morgan fingerprint density at radius 1 is 1.38 bits per heavy atom. The first-order chi connectivity index (χ1) is 9.70. The van der Waals surface area contributed by atoms with Crippen molar-refractivity contribution in [1.82, 2.24) is 4.31 Å². The van der Waals surface area contributed by atoms with Crippen molar-refractivity contribution in [1.29, 1.82) is 0 Å². The summed E-state index contributed by atoms with van der Waals surface area (Å²) in [5, 5.41) is 0. The lowest BCUT2D eigenvalue weighted by Gasteiger charge is -2.36. The molecule has 4 nitrogen and oxygen atoms in total. The predicted molar refractivity (Wildman–Crippen MR) is 86.5 cm³/mol. The molecule has 21 heavy (non-hydrogen) atoms.